The highest BCUT2D eigenvalue weighted by atomic mass is 16.5. The van der Waals surface area contributed by atoms with Gasteiger partial charge in [0.15, 0.2) is 0 Å². The summed E-state index contributed by atoms with van der Waals surface area (Å²) in [6, 6.07) is 10.9. The number of hydrogen-bond donors (Lipinski definition) is 2. The van der Waals surface area contributed by atoms with E-state index in [0.717, 1.165) is 46.9 Å². The number of aryl methyl sites for hydroxylation is 1. The number of rotatable bonds is 5. The summed E-state index contributed by atoms with van der Waals surface area (Å²) in [6.45, 7) is 2.95. The van der Waals surface area contributed by atoms with E-state index in [2.05, 4.69) is 20.5 Å². The van der Waals surface area contributed by atoms with E-state index in [4.69, 9.17) is 4.74 Å². The second-order valence-electron chi connectivity index (χ2n) is 8.28. The Morgan fingerprint density at radius 2 is 1.97 bits per heavy atom. The smallest absolute Gasteiger partial charge is 0.325 e. The Morgan fingerprint density at radius 1 is 1.16 bits per heavy atom. The van der Waals surface area contributed by atoms with Crippen LogP contribution in [-0.2, 0) is 32.8 Å². The molecule has 4 amide bonds. The second kappa shape index (κ2) is 8.23. The minimum atomic E-state index is -1.05. The minimum Gasteiger partial charge on any atom is -0.378 e. The van der Waals surface area contributed by atoms with E-state index in [-0.39, 0.29) is 19.0 Å². The minimum absolute atomic E-state index is 0.271. The molecule has 1 aliphatic carbocycles. The van der Waals surface area contributed by atoms with Crippen LogP contribution in [0.25, 0.3) is 0 Å². The van der Waals surface area contributed by atoms with Crippen molar-refractivity contribution in [1.82, 2.24) is 20.5 Å². The number of amides is 4. The molecule has 1 unspecified atom stereocenters. The third kappa shape index (κ3) is 3.58. The third-order valence-corrected chi connectivity index (χ3v) is 6.36. The molecule has 0 radical (unpaired) electrons. The number of urea groups is 1. The number of pyridine rings is 1. The van der Waals surface area contributed by atoms with E-state index in [1.807, 2.05) is 36.4 Å². The Balaban J connectivity index is 1.19. The van der Waals surface area contributed by atoms with Crippen molar-refractivity contribution < 1.29 is 19.1 Å². The van der Waals surface area contributed by atoms with Crippen LogP contribution in [0.5, 0.6) is 0 Å². The Hall–Kier alpha value is -3.46. The van der Waals surface area contributed by atoms with Gasteiger partial charge >= 0.3 is 6.03 Å². The molecule has 1 aromatic heterocycles. The summed E-state index contributed by atoms with van der Waals surface area (Å²) in [5.41, 5.74) is 1.68. The first kappa shape index (κ1) is 20.4. The Morgan fingerprint density at radius 3 is 2.75 bits per heavy atom. The Bertz CT molecular complexity index is 1050. The van der Waals surface area contributed by atoms with Crippen LogP contribution >= 0.6 is 0 Å². The lowest BCUT2D eigenvalue weighted by atomic mass is 9.92. The van der Waals surface area contributed by atoms with E-state index in [1.165, 1.54) is 0 Å². The number of carbonyl (C=O) groups excluding carboxylic acids is 3. The molecule has 2 fully saturated rings. The van der Waals surface area contributed by atoms with Crippen molar-refractivity contribution in [2.24, 2.45) is 0 Å². The van der Waals surface area contributed by atoms with Gasteiger partial charge in [-0.2, -0.15) is 0 Å². The molecule has 3 heterocycles. The standard InChI is InChI=1S/C23H25N5O4/c29-20(25-14-16-5-6-19(24-13-16)27-9-11-32-12-10-27)15-28-21(30)23(26-22(28)31)8-7-17-3-1-2-4-18(17)23/h1-6,13H,7-12,14-15H2,(H,25,29)(H,26,31). The van der Waals surface area contributed by atoms with Crippen LogP contribution < -0.4 is 15.5 Å². The number of anilines is 1. The van der Waals surface area contributed by atoms with Crippen molar-refractivity contribution >= 4 is 23.7 Å². The van der Waals surface area contributed by atoms with Crippen LogP contribution in [0.4, 0.5) is 10.6 Å². The molecule has 9 heteroatoms. The highest BCUT2D eigenvalue weighted by Crippen LogP contribution is 2.41. The van der Waals surface area contributed by atoms with Crippen molar-refractivity contribution in [2.45, 2.75) is 24.9 Å². The maximum Gasteiger partial charge on any atom is 0.325 e. The number of fused-ring (bicyclic) bond motifs is 2. The number of nitrogens with zero attached hydrogens (tertiary/aromatic N) is 3. The van der Waals surface area contributed by atoms with Gasteiger partial charge in [0.25, 0.3) is 5.91 Å². The van der Waals surface area contributed by atoms with E-state index >= 15 is 0 Å². The molecule has 3 aliphatic rings. The summed E-state index contributed by atoms with van der Waals surface area (Å²) in [5.74, 6) is 0.123. The molecule has 5 rings (SSSR count). The number of ether oxygens (including phenoxy) is 1. The molecule has 1 spiro atoms. The topological polar surface area (TPSA) is 104 Å². The lowest BCUT2D eigenvalue weighted by Gasteiger charge is -2.27. The van der Waals surface area contributed by atoms with Crippen molar-refractivity contribution in [3.8, 4) is 0 Å². The van der Waals surface area contributed by atoms with Gasteiger partial charge in [0.2, 0.25) is 5.91 Å². The summed E-state index contributed by atoms with van der Waals surface area (Å²) in [5, 5.41) is 5.61. The summed E-state index contributed by atoms with van der Waals surface area (Å²) in [4.78, 5) is 45.8. The van der Waals surface area contributed by atoms with Crippen LogP contribution in [-0.4, -0.2) is 60.6 Å². The zero-order valence-corrected chi connectivity index (χ0v) is 17.7. The fourth-order valence-electron chi connectivity index (χ4n) is 4.63. The molecule has 2 saturated heterocycles. The van der Waals surface area contributed by atoms with Crippen LogP contribution in [0.3, 0.4) is 0 Å². The molecule has 166 valence electrons. The molecule has 1 atom stereocenters. The normalized spacial score (nSPS) is 22.2. The first-order chi connectivity index (χ1) is 15.6. The fourth-order valence-corrected chi connectivity index (χ4v) is 4.63. The Labute approximate surface area is 185 Å². The van der Waals surface area contributed by atoms with Gasteiger partial charge in [0, 0.05) is 25.8 Å². The van der Waals surface area contributed by atoms with Crippen LogP contribution in [0, 0.1) is 0 Å². The summed E-state index contributed by atoms with van der Waals surface area (Å²) in [7, 11) is 0. The van der Waals surface area contributed by atoms with E-state index < -0.39 is 17.5 Å². The fraction of sp³-hybridized carbons (Fsp3) is 0.391. The maximum absolute atomic E-state index is 13.1. The van der Waals surface area contributed by atoms with Gasteiger partial charge < -0.3 is 20.3 Å². The highest BCUT2D eigenvalue weighted by Gasteiger charge is 2.55. The zero-order chi connectivity index (χ0) is 22.1. The monoisotopic (exact) mass is 435 g/mol. The molecule has 0 saturated carbocycles. The zero-order valence-electron chi connectivity index (χ0n) is 17.7. The SMILES string of the molecule is O=C(CN1C(=O)NC2(CCc3ccccc32)C1=O)NCc1ccc(N2CCOCC2)nc1. The molecular formula is C23H25N5O4. The lowest BCUT2D eigenvalue weighted by Crippen LogP contribution is -2.43. The van der Waals surface area contributed by atoms with Gasteiger partial charge in [-0.25, -0.2) is 9.78 Å². The maximum atomic E-state index is 13.1. The van der Waals surface area contributed by atoms with Crippen LogP contribution in [0.15, 0.2) is 42.6 Å². The quantitative estimate of drug-likeness (QED) is 0.678. The van der Waals surface area contributed by atoms with Gasteiger partial charge in [-0.3, -0.25) is 14.5 Å². The lowest BCUT2D eigenvalue weighted by molar-refractivity contribution is -0.135. The summed E-state index contributed by atoms with van der Waals surface area (Å²) < 4.78 is 5.35. The van der Waals surface area contributed by atoms with Crippen molar-refractivity contribution in [3.63, 3.8) is 0 Å². The van der Waals surface area contributed by atoms with Gasteiger partial charge in [0.1, 0.15) is 17.9 Å². The van der Waals surface area contributed by atoms with Crippen LogP contribution in [0.2, 0.25) is 0 Å². The number of morpholine rings is 1. The molecule has 32 heavy (non-hydrogen) atoms. The first-order valence-corrected chi connectivity index (χ1v) is 10.8. The number of imide groups is 1. The molecule has 2 aromatic rings. The third-order valence-electron chi connectivity index (χ3n) is 6.36. The molecule has 2 N–H and O–H groups in total. The average molecular weight is 435 g/mol. The van der Waals surface area contributed by atoms with E-state index in [1.54, 1.807) is 6.20 Å². The first-order valence-electron chi connectivity index (χ1n) is 10.8. The molecule has 1 aromatic carbocycles. The predicted molar refractivity (Wildman–Crippen MR) is 116 cm³/mol. The number of benzene rings is 1. The van der Waals surface area contributed by atoms with Crippen molar-refractivity contribution in [1.29, 1.82) is 0 Å². The highest BCUT2D eigenvalue weighted by molar-refractivity contribution is 6.09. The summed E-state index contributed by atoms with van der Waals surface area (Å²) in [6.07, 6.45) is 2.95. The average Bonchev–Trinajstić information content (AvgIpc) is 3.31. The molecule has 9 nitrogen and oxygen atoms in total. The Kier molecular flexibility index (Phi) is 5.26. The second-order valence-corrected chi connectivity index (χ2v) is 8.28. The van der Waals surface area contributed by atoms with Crippen molar-refractivity contribution in [2.75, 3.05) is 37.7 Å². The largest absolute Gasteiger partial charge is 0.378 e. The van der Waals surface area contributed by atoms with Crippen molar-refractivity contribution in [3.05, 3.63) is 59.3 Å². The van der Waals surface area contributed by atoms with Crippen LogP contribution in [0.1, 0.15) is 23.1 Å². The van der Waals surface area contributed by atoms with E-state index in [0.29, 0.717) is 19.6 Å². The number of carbonyl (C=O) groups is 3. The molecule has 2 aliphatic heterocycles. The van der Waals surface area contributed by atoms with Gasteiger partial charge in [-0.15, -0.1) is 0 Å². The van der Waals surface area contributed by atoms with Gasteiger partial charge in [0.05, 0.1) is 13.2 Å². The molecular weight excluding hydrogens is 410 g/mol. The van der Waals surface area contributed by atoms with E-state index in [9.17, 15) is 14.4 Å². The summed E-state index contributed by atoms with van der Waals surface area (Å²) >= 11 is 0. The number of nitrogens with one attached hydrogen (secondary N) is 2. The number of aromatic nitrogens is 1. The van der Waals surface area contributed by atoms with Gasteiger partial charge in [-0.1, -0.05) is 30.3 Å². The predicted octanol–water partition coefficient (Wildman–Crippen LogP) is 0.928. The number of hydrogen-bond acceptors (Lipinski definition) is 6. The van der Waals surface area contributed by atoms with Gasteiger partial charge in [-0.05, 0) is 35.6 Å². The molecule has 0 bridgehead atoms.